The maximum Gasteiger partial charge on any atom is 0.248 e. The summed E-state index contributed by atoms with van der Waals surface area (Å²) in [5, 5.41) is 12.1. The molecule has 0 radical (unpaired) electrons. The summed E-state index contributed by atoms with van der Waals surface area (Å²) in [5.41, 5.74) is 0.866. The van der Waals surface area contributed by atoms with Crippen molar-refractivity contribution in [2.75, 3.05) is 19.7 Å². The minimum Gasteiger partial charge on any atom is -0.387 e. The van der Waals surface area contributed by atoms with Gasteiger partial charge in [0.25, 0.3) is 0 Å². The SMILES string of the molecule is O=C1NC2(CCN(C(=O)CO)CC2)C[C@@H]1c1ccccc1. The molecule has 112 valence electrons. The minimum absolute atomic E-state index is 0.0862. The summed E-state index contributed by atoms with van der Waals surface area (Å²) in [5.74, 6) is -0.233. The molecule has 2 fully saturated rings. The van der Waals surface area contributed by atoms with Crippen molar-refractivity contribution in [1.82, 2.24) is 10.2 Å². The Morgan fingerprint density at radius 3 is 2.57 bits per heavy atom. The number of piperidine rings is 1. The van der Waals surface area contributed by atoms with Crippen LogP contribution in [0.15, 0.2) is 30.3 Å². The van der Waals surface area contributed by atoms with Crippen LogP contribution in [-0.2, 0) is 9.59 Å². The lowest BCUT2D eigenvalue weighted by Crippen LogP contribution is -2.52. The fourth-order valence-corrected chi connectivity index (χ4v) is 3.45. The topological polar surface area (TPSA) is 69.6 Å². The first kappa shape index (κ1) is 14.1. The molecule has 2 aliphatic heterocycles. The van der Waals surface area contributed by atoms with Crippen molar-refractivity contribution in [3.8, 4) is 0 Å². The van der Waals surface area contributed by atoms with Crippen LogP contribution in [0.5, 0.6) is 0 Å². The lowest BCUT2D eigenvalue weighted by Gasteiger charge is -2.39. The number of carbonyl (C=O) groups is 2. The highest BCUT2D eigenvalue weighted by atomic mass is 16.3. The van der Waals surface area contributed by atoms with E-state index in [-0.39, 0.29) is 23.3 Å². The summed E-state index contributed by atoms with van der Waals surface area (Å²) in [6.07, 6.45) is 2.30. The molecule has 1 aromatic rings. The Balaban J connectivity index is 1.69. The van der Waals surface area contributed by atoms with Crippen LogP contribution < -0.4 is 5.32 Å². The number of hydrogen-bond acceptors (Lipinski definition) is 3. The zero-order valence-corrected chi connectivity index (χ0v) is 11.9. The van der Waals surface area contributed by atoms with E-state index in [0.717, 1.165) is 24.8 Å². The van der Waals surface area contributed by atoms with Gasteiger partial charge < -0.3 is 15.3 Å². The quantitative estimate of drug-likeness (QED) is 0.839. The molecule has 2 N–H and O–H groups in total. The highest BCUT2D eigenvalue weighted by Crippen LogP contribution is 2.39. The van der Waals surface area contributed by atoms with E-state index in [0.29, 0.717) is 13.1 Å². The highest BCUT2D eigenvalue weighted by molar-refractivity contribution is 5.87. The predicted octanol–water partition coefficient (Wildman–Crippen LogP) is 0.644. The lowest BCUT2D eigenvalue weighted by molar-refractivity contribution is -0.135. The van der Waals surface area contributed by atoms with Crippen LogP contribution in [0.2, 0.25) is 0 Å². The van der Waals surface area contributed by atoms with Crippen molar-refractivity contribution in [2.24, 2.45) is 0 Å². The van der Waals surface area contributed by atoms with E-state index in [9.17, 15) is 9.59 Å². The molecule has 2 aliphatic rings. The minimum atomic E-state index is -0.438. The van der Waals surface area contributed by atoms with Gasteiger partial charge in [0.05, 0.1) is 5.92 Å². The molecular formula is C16H20N2O3. The van der Waals surface area contributed by atoms with Crippen LogP contribution >= 0.6 is 0 Å². The maximum absolute atomic E-state index is 12.3. The standard InChI is InChI=1S/C16H20N2O3/c19-11-14(20)18-8-6-16(7-9-18)10-13(15(21)17-16)12-4-2-1-3-5-12/h1-5,13,19H,6-11H2,(H,17,21)/t13-/m1/s1. The molecule has 2 saturated heterocycles. The Labute approximate surface area is 123 Å². The second kappa shape index (κ2) is 5.48. The Bertz CT molecular complexity index is 536. The molecule has 2 heterocycles. The first-order chi connectivity index (χ1) is 10.1. The van der Waals surface area contributed by atoms with Gasteiger partial charge in [-0.2, -0.15) is 0 Å². The summed E-state index contributed by atoms with van der Waals surface area (Å²) in [4.78, 5) is 25.5. The molecule has 0 aromatic heterocycles. The number of aliphatic hydroxyl groups is 1. The molecule has 5 heteroatoms. The number of aliphatic hydroxyl groups excluding tert-OH is 1. The largest absolute Gasteiger partial charge is 0.387 e. The van der Waals surface area contributed by atoms with Gasteiger partial charge in [-0.25, -0.2) is 0 Å². The molecule has 0 saturated carbocycles. The van der Waals surface area contributed by atoms with Crippen LogP contribution in [0, 0.1) is 0 Å². The molecular weight excluding hydrogens is 268 g/mol. The van der Waals surface area contributed by atoms with Crippen molar-refractivity contribution in [3.05, 3.63) is 35.9 Å². The predicted molar refractivity (Wildman–Crippen MR) is 77.6 cm³/mol. The van der Waals surface area contributed by atoms with Crippen LogP contribution in [0.4, 0.5) is 0 Å². The normalized spacial score (nSPS) is 24.1. The lowest BCUT2D eigenvalue weighted by atomic mass is 9.82. The molecule has 0 unspecified atom stereocenters. The van der Waals surface area contributed by atoms with E-state index in [1.54, 1.807) is 4.90 Å². The number of benzene rings is 1. The van der Waals surface area contributed by atoms with Crippen molar-refractivity contribution in [1.29, 1.82) is 0 Å². The van der Waals surface area contributed by atoms with Gasteiger partial charge in [-0.15, -0.1) is 0 Å². The summed E-state index contributed by atoms with van der Waals surface area (Å²) >= 11 is 0. The summed E-state index contributed by atoms with van der Waals surface area (Å²) in [6, 6.07) is 9.85. The fraction of sp³-hybridized carbons (Fsp3) is 0.500. The van der Waals surface area contributed by atoms with Crippen molar-refractivity contribution >= 4 is 11.8 Å². The Hall–Kier alpha value is -1.88. The molecule has 21 heavy (non-hydrogen) atoms. The average Bonchev–Trinajstić information content (AvgIpc) is 2.84. The highest BCUT2D eigenvalue weighted by Gasteiger charge is 2.46. The molecule has 0 aliphatic carbocycles. The van der Waals surface area contributed by atoms with Gasteiger partial charge in [0.15, 0.2) is 0 Å². The summed E-state index contributed by atoms with van der Waals surface area (Å²) < 4.78 is 0. The van der Waals surface area contributed by atoms with Gasteiger partial charge in [0, 0.05) is 18.6 Å². The third-order valence-electron chi connectivity index (χ3n) is 4.71. The van der Waals surface area contributed by atoms with Crippen LogP contribution in [-0.4, -0.2) is 47.1 Å². The van der Waals surface area contributed by atoms with E-state index >= 15 is 0 Å². The first-order valence-corrected chi connectivity index (χ1v) is 7.39. The smallest absolute Gasteiger partial charge is 0.248 e. The number of nitrogens with one attached hydrogen (secondary N) is 1. The Kier molecular flexibility index (Phi) is 3.68. The zero-order chi connectivity index (χ0) is 14.9. The monoisotopic (exact) mass is 288 g/mol. The third kappa shape index (κ3) is 2.65. The van der Waals surface area contributed by atoms with Crippen LogP contribution in [0.25, 0.3) is 0 Å². The molecule has 2 amide bonds. The molecule has 1 spiro atoms. The van der Waals surface area contributed by atoms with Gasteiger partial charge in [-0.3, -0.25) is 9.59 Å². The van der Waals surface area contributed by atoms with E-state index in [1.165, 1.54) is 0 Å². The Morgan fingerprint density at radius 2 is 1.95 bits per heavy atom. The van der Waals surface area contributed by atoms with E-state index < -0.39 is 6.61 Å². The van der Waals surface area contributed by atoms with Gasteiger partial charge in [-0.1, -0.05) is 30.3 Å². The van der Waals surface area contributed by atoms with Crippen LogP contribution in [0.1, 0.15) is 30.7 Å². The molecule has 1 aromatic carbocycles. The number of hydrogen-bond donors (Lipinski definition) is 2. The fourth-order valence-electron chi connectivity index (χ4n) is 3.45. The summed E-state index contributed by atoms with van der Waals surface area (Å²) in [7, 11) is 0. The number of nitrogens with zero attached hydrogens (tertiary/aromatic N) is 1. The number of rotatable bonds is 2. The number of likely N-dealkylation sites (tertiary alicyclic amines) is 1. The second-order valence-corrected chi connectivity index (χ2v) is 5.98. The maximum atomic E-state index is 12.3. The van der Waals surface area contributed by atoms with E-state index in [2.05, 4.69) is 5.32 Å². The van der Waals surface area contributed by atoms with Gasteiger partial charge in [-0.05, 0) is 24.8 Å². The average molecular weight is 288 g/mol. The zero-order valence-electron chi connectivity index (χ0n) is 11.9. The van der Waals surface area contributed by atoms with Crippen LogP contribution in [0.3, 0.4) is 0 Å². The first-order valence-electron chi connectivity index (χ1n) is 7.39. The Morgan fingerprint density at radius 1 is 1.29 bits per heavy atom. The molecule has 3 rings (SSSR count). The van der Waals surface area contributed by atoms with E-state index in [1.807, 2.05) is 30.3 Å². The van der Waals surface area contributed by atoms with Gasteiger partial charge >= 0.3 is 0 Å². The molecule has 5 nitrogen and oxygen atoms in total. The van der Waals surface area contributed by atoms with Crippen molar-refractivity contribution in [3.63, 3.8) is 0 Å². The third-order valence-corrected chi connectivity index (χ3v) is 4.71. The summed E-state index contributed by atoms with van der Waals surface area (Å²) in [6.45, 7) is 0.758. The van der Waals surface area contributed by atoms with Crippen molar-refractivity contribution in [2.45, 2.75) is 30.7 Å². The van der Waals surface area contributed by atoms with E-state index in [4.69, 9.17) is 5.11 Å². The second-order valence-electron chi connectivity index (χ2n) is 5.98. The number of amides is 2. The molecule has 1 atom stereocenters. The molecule has 0 bridgehead atoms. The van der Waals surface area contributed by atoms with Crippen molar-refractivity contribution < 1.29 is 14.7 Å². The van der Waals surface area contributed by atoms with Gasteiger partial charge in [0.1, 0.15) is 6.61 Å². The van der Waals surface area contributed by atoms with Gasteiger partial charge in [0.2, 0.25) is 11.8 Å². The number of carbonyl (C=O) groups excluding carboxylic acids is 2.